The number of nitrogens with zero attached hydrogens (tertiary/aromatic N) is 3. The van der Waals surface area contributed by atoms with Gasteiger partial charge in [0.2, 0.25) is 5.91 Å². The Morgan fingerprint density at radius 2 is 1.63 bits per heavy atom. The molecule has 3 amide bonds. The number of aromatic nitrogens is 2. The topological polar surface area (TPSA) is 113 Å². The summed E-state index contributed by atoms with van der Waals surface area (Å²) < 4.78 is 25.0. The molecule has 0 bridgehead atoms. The Balaban J connectivity index is 1.51. The lowest BCUT2D eigenvalue weighted by atomic mass is 9.92. The third kappa shape index (κ3) is 6.42. The van der Waals surface area contributed by atoms with Gasteiger partial charge in [0, 0.05) is 30.3 Å². The Labute approximate surface area is 224 Å². The first kappa shape index (κ1) is 27.4. The highest BCUT2D eigenvalue weighted by Gasteiger charge is 2.25. The van der Waals surface area contributed by atoms with E-state index in [4.69, 9.17) is 5.10 Å². The van der Waals surface area contributed by atoms with Gasteiger partial charge in [-0.1, -0.05) is 45.0 Å². The Kier molecular flexibility index (Phi) is 7.64. The number of urea groups is 1. The first-order chi connectivity index (χ1) is 17.8. The van der Waals surface area contributed by atoms with Crippen molar-refractivity contribution in [2.45, 2.75) is 46.5 Å². The second-order valence-corrected chi connectivity index (χ2v) is 13.1. The maximum atomic E-state index is 12.9. The molecule has 2 aromatic carbocycles. The molecule has 1 aliphatic heterocycles. The average molecular weight is 538 g/mol. The molecule has 2 N–H and O–H groups in total. The Bertz CT molecular complexity index is 1440. The summed E-state index contributed by atoms with van der Waals surface area (Å²) in [5.74, 6) is 0.461. The van der Waals surface area contributed by atoms with E-state index < -0.39 is 9.84 Å². The fraction of sp³-hybridized carbons (Fsp3) is 0.393. The molecule has 1 aliphatic rings. The van der Waals surface area contributed by atoms with Crippen molar-refractivity contribution in [3.8, 4) is 5.69 Å². The summed E-state index contributed by atoms with van der Waals surface area (Å²) in [6.07, 6.45) is 0.191. The summed E-state index contributed by atoms with van der Waals surface area (Å²) in [5.41, 5.74) is 4.97. The summed E-state index contributed by atoms with van der Waals surface area (Å²) in [4.78, 5) is 27.2. The first-order valence-corrected chi connectivity index (χ1v) is 14.5. The smallest absolute Gasteiger partial charge is 0.324 e. The van der Waals surface area contributed by atoms with Gasteiger partial charge in [-0.25, -0.2) is 17.9 Å². The van der Waals surface area contributed by atoms with Crippen molar-refractivity contribution in [1.82, 2.24) is 14.7 Å². The summed E-state index contributed by atoms with van der Waals surface area (Å²) in [6, 6.07) is 14.7. The van der Waals surface area contributed by atoms with Gasteiger partial charge in [-0.15, -0.1) is 0 Å². The highest BCUT2D eigenvalue weighted by atomic mass is 32.2. The number of benzene rings is 2. The van der Waals surface area contributed by atoms with Gasteiger partial charge in [0.25, 0.3) is 0 Å². The van der Waals surface area contributed by atoms with Crippen molar-refractivity contribution in [2.24, 2.45) is 0 Å². The van der Waals surface area contributed by atoms with Crippen LogP contribution in [0.25, 0.3) is 5.69 Å². The molecule has 0 spiro atoms. The number of aryl methyl sites for hydroxylation is 1. The van der Waals surface area contributed by atoms with E-state index in [2.05, 4.69) is 31.4 Å². The molecule has 9 nitrogen and oxygen atoms in total. The van der Waals surface area contributed by atoms with Crippen molar-refractivity contribution in [1.29, 1.82) is 0 Å². The Hall–Kier alpha value is -3.66. The molecular formula is C28H35N5O4S. The molecule has 0 aliphatic carbocycles. The van der Waals surface area contributed by atoms with E-state index in [9.17, 15) is 18.0 Å². The summed E-state index contributed by atoms with van der Waals surface area (Å²) in [5, 5.41) is 10.6. The van der Waals surface area contributed by atoms with Gasteiger partial charge in [0.1, 0.15) is 5.82 Å². The molecule has 1 aromatic heterocycles. The van der Waals surface area contributed by atoms with E-state index in [1.54, 1.807) is 9.58 Å². The molecule has 202 valence electrons. The number of anilines is 2. The van der Waals surface area contributed by atoms with Crippen LogP contribution in [0.15, 0.2) is 48.5 Å². The molecule has 0 saturated carbocycles. The zero-order valence-electron chi connectivity index (χ0n) is 22.5. The zero-order valence-corrected chi connectivity index (χ0v) is 23.4. The van der Waals surface area contributed by atoms with Crippen LogP contribution in [0.4, 0.5) is 16.3 Å². The minimum Gasteiger partial charge on any atom is -0.340 e. The molecule has 38 heavy (non-hydrogen) atoms. The zero-order chi connectivity index (χ0) is 27.7. The lowest BCUT2D eigenvalue weighted by Gasteiger charge is -2.26. The normalized spacial score (nSPS) is 15.2. The van der Waals surface area contributed by atoms with Crippen molar-refractivity contribution >= 4 is 33.3 Å². The largest absolute Gasteiger partial charge is 0.340 e. The van der Waals surface area contributed by atoms with Crippen LogP contribution < -0.4 is 10.6 Å². The fourth-order valence-corrected chi connectivity index (χ4v) is 5.39. The summed E-state index contributed by atoms with van der Waals surface area (Å²) in [7, 11) is -3.04. The number of hydrogen-bond donors (Lipinski definition) is 2. The molecule has 10 heteroatoms. The SMILES string of the molecule is Cc1cccc(NC(=O)Nc2cc(C(C)(C)C)nn2-c2ccc(CC(=O)N3CCS(=O)(=O)CC3)cc2)c1C. The van der Waals surface area contributed by atoms with E-state index in [1.165, 1.54) is 0 Å². The molecule has 1 saturated heterocycles. The second-order valence-electron chi connectivity index (χ2n) is 10.8. The lowest BCUT2D eigenvalue weighted by molar-refractivity contribution is -0.130. The monoisotopic (exact) mass is 537 g/mol. The molecule has 3 aromatic rings. The number of carbonyl (C=O) groups excluding carboxylic acids is 2. The van der Waals surface area contributed by atoms with E-state index in [1.807, 2.05) is 62.4 Å². The Morgan fingerprint density at radius 3 is 2.26 bits per heavy atom. The van der Waals surface area contributed by atoms with Crippen molar-refractivity contribution in [3.05, 3.63) is 70.9 Å². The summed E-state index contributed by atoms with van der Waals surface area (Å²) >= 11 is 0. The third-order valence-corrected chi connectivity index (χ3v) is 8.41. The van der Waals surface area contributed by atoms with Gasteiger partial charge in [-0.2, -0.15) is 5.10 Å². The summed E-state index contributed by atoms with van der Waals surface area (Å²) in [6.45, 7) is 10.6. The highest BCUT2D eigenvalue weighted by Crippen LogP contribution is 2.27. The molecule has 0 radical (unpaired) electrons. The molecule has 2 heterocycles. The molecule has 1 fully saturated rings. The second kappa shape index (κ2) is 10.6. The van der Waals surface area contributed by atoms with Gasteiger partial charge < -0.3 is 10.2 Å². The van der Waals surface area contributed by atoms with Crippen LogP contribution in [-0.4, -0.2) is 59.6 Å². The number of hydrogen-bond acceptors (Lipinski definition) is 5. The van der Waals surface area contributed by atoms with E-state index >= 15 is 0 Å². The Morgan fingerprint density at radius 1 is 0.974 bits per heavy atom. The number of nitrogens with one attached hydrogen (secondary N) is 2. The minimum absolute atomic E-state index is 0.0138. The van der Waals surface area contributed by atoms with E-state index in [-0.39, 0.29) is 48.4 Å². The fourth-order valence-electron chi connectivity index (χ4n) is 4.19. The third-order valence-electron chi connectivity index (χ3n) is 6.81. The maximum Gasteiger partial charge on any atom is 0.324 e. The average Bonchev–Trinajstić information content (AvgIpc) is 3.26. The predicted octanol–water partition coefficient (Wildman–Crippen LogP) is 4.23. The first-order valence-electron chi connectivity index (χ1n) is 12.6. The predicted molar refractivity (Wildman–Crippen MR) is 150 cm³/mol. The molecular weight excluding hydrogens is 502 g/mol. The van der Waals surface area contributed by atoms with Crippen LogP contribution in [-0.2, 0) is 26.5 Å². The minimum atomic E-state index is -3.04. The molecule has 0 unspecified atom stereocenters. The van der Waals surface area contributed by atoms with Crippen LogP contribution in [0, 0.1) is 13.8 Å². The lowest BCUT2D eigenvalue weighted by Crippen LogP contribution is -2.44. The maximum absolute atomic E-state index is 12.9. The molecule has 0 atom stereocenters. The quantitative estimate of drug-likeness (QED) is 0.506. The van der Waals surface area contributed by atoms with E-state index in [0.29, 0.717) is 5.82 Å². The van der Waals surface area contributed by atoms with Gasteiger partial charge >= 0.3 is 6.03 Å². The number of carbonyl (C=O) groups is 2. The van der Waals surface area contributed by atoms with Gasteiger partial charge in [-0.05, 0) is 48.7 Å². The number of amides is 3. The number of rotatable bonds is 5. The van der Waals surface area contributed by atoms with Crippen molar-refractivity contribution < 1.29 is 18.0 Å². The van der Waals surface area contributed by atoms with Crippen LogP contribution >= 0.6 is 0 Å². The highest BCUT2D eigenvalue weighted by molar-refractivity contribution is 7.91. The van der Waals surface area contributed by atoms with Gasteiger partial charge in [-0.3, -0.25) is 10.1 Å². The van der Waals surface area contributed by atoms with Crippen molar-refractivity contribution in [2.75, 3.05) is 35.2 Å². The van der Waals surface area contributed by atoms with Crippen LogP contribution in [0.3, 0.4) is 0 Å². The van der Waals surface area contributed by atoms with Crippen LogP contribution in [0.2, 0.25) is 0 Å². The van der Waals surface area contributed by atoms with E-state index in [0.717, 1.165) is 33.8 Å². The van der Waals surface area contributed by atoms with Crippen LogP contribution in [0.1, 0.15) is 43.2 Å². The van der Waals surface area contributed by atoms with Gasteiger partial charge in [0.05, 0.1) is 29.3 Å². The molecule has 4 rings (SSSR count). The standard InChI is InChI=1S/C28H35N5O4S/c1-19-7-6-8-23(20(19)2)29-27(35)30-25-18-24(28(3,4)5)31-33(25)22-11-9-21(10-12-22)17-26(34)32-13-15-38(36,37)16-14-32/h6-12,18H,13-17H2,1-5H3,(H2,29,30,35). The van der Waals surface area contributed by atoms with Gasteiger partial charge in [0.15, 0.2) is 9.84 Å². The van der Waals surface area contributed by atoms with Crippen molar-refractivity contribution in [3.63, 3.8) is 0 Å². The van der Waals surface area contributed by atoms with Crippen LogP contribution in [0.5, 0.6) is 0 Å². The number of sulfone groups is 1.